The molecule has 0 spiro atoms. The number of pyridine rings is 1. The number of nitrogens with one attached hydrogen (secondary N) is 1. The van der Waals surface area contributed by atoms with E-state index in [1.54, 1.807) is 6.20 Å². The van der Waals surface area contributed by atoms with Gasteiger partial charge in [0.25, 0.3) is 5.91 Å². The molecule has 0 aliphatic carbocycles. The average molecular weight is 305 g/mol. The first-order valence-electron chi connectivity index (χ1n) is 7.71. The predicted molar refractivity (Wildman–Crippen MR) is 82.1 cm³/mol. The van der Waals surface area contributed by atoms with E-state index < -0.39 is 6.10 Å². The van der Waals surface area contributed by atoms with Gasteiger partial charge in [0.05, 0.1) is 6.54 Å². The van der Waals surface area contributed by atoms with Crippen LogP contribution in [0.25, 0.3) is 0 Å². The molecule has 1 fully saturated rings. The van der Waals surface area contributed by atoms with Crippen molar-refractivity contribution in [2.45, 2.75) is 38.7 Å². The van der Waals surface area contributed by atoms with Crippen LogP contribution in [0.1, 0.15) is 30.5 Å². The maximum Gasteiger partial charge on any atom is 0.251 e. The van der Waals surface area contributed by atoms with Crippen molar-refractivity contribution in [1.82, 2.24) is 15.2 Å². The molecule has 2 heterocycles. The topological polar surface area (TPSA) is 82.5 Å². The summed E-state index contributed by atoms with van der Waals surface area (Å²) in [5, 5.41) is 12.5. The van der Waals surface area contributed by atoms with Crippen LogP contribution in [0.4, 0.5) is 0 Å². The van der Waals surface area contributed by atoms with Gasteiger partial charge < -0.3 is 15.3 Å². The number of rotatable bonds is 5. The van der Waals surface area contributed by atoms with Gasteiger partial charge in [-0.05, 0) is 37.8 Å². The van der Waals surface area contributed by atoms with Gasteiger partial charge in [-0.2, -0.15) is 0 Å². The molecule has 2 N–H and O–H groups in total. The number of aliphatic hydroxyl groups is 1. The number of nitrogens with zero attached hydrogens (tertiary/aromatic N) is 2. The van der Waals surface area contributed by atoms with Crippen LogP contribution in [0.5, 0.6) is 0 Å². The second kappa shape index (κ2) is 7.89. The van der Waals surface area contributed by atoms with E-state index in [9.17, 15) is 14.7 Å². The van der Waals surface area contributed by atoms with Gasteiger partial charge in [-0.1, -0.05) is 6.07 Å². The van der Waals surface area contributed by atoms with Crippen molar-refractivity contribution in [3.63, 3.8) is 0 Å². The fourth-order valence-corrected chi connectivity index (χ4v) is 2.45. The number of hydrogen-bond acceptors (Lipinski definition) is 4. The highest BCUT2D eigenvalue weighted by Gasteiger charge is 2.26. The van der Waals surface area contributed by atoms with Crippen LogP contribution >= 0.6 is 0 Å². The molecule has 1 unspecified atom stereocenters. The lowest BCUT2D eigenvalue weighted by molar-refractivity contribution is -0.142. The Kier molecular flexibility index (Phi) is 5.89. The van der Waals surface area contributed by atoms with Crippen molar-refractivity contribution in [3.8, 4) is 0 Å². The Morgan fingerprint density at radius 3 is 3.00 bits per heavy atom. The Hall–Kier alpha value is -1.95. The number of carbonyl (C=O) groups is 2. The molecule has 1 aromatic heterocycles. The molecule has 0 radical (unpaired) electrons. The van der Waals surface area contributed by atoms with E-state index in [0.717, 1.165) is 24.1 Å². The largest absolute Gasteiger partial charge is 0.383 e. The summed E-state index contributed by atoms with van der Waals surface area (Å²) in [5.41, 5.74) is 2.03. The van der Waals surface area contributed by atoms with E-state index in [-0.39, 0.29) is 18.4 Å². The minimum Gasteiger partial charge on any atom is -0.383 e. The number of aliphatic hydroxyl groups excluding tert-OH is 1. The van der Waals surface area contributed by atoms with Crippen LogP contribution in [-0.4, -0.2) is 52.5 Å². The first-order valence-corrected chi connectivity index (χ1v) is 7.71. The molecule has 1 saturated heterocycles. The highest BCUT2D eigenvalue weighted by Crippen LogP contribution is 2.11. The van der Waals surface area contributed by atoms with Crippen LogP contribution in [0.3, 0.4) is 0 Å². The summed E-state index contributed by atoms with van der Waals surface area (Å²) in [5.74, 6) is -0.539. The van der Waals surface area contributed by atoms with Gasteiger partial charge >= 0.3 is 0 Å². The predicted octanol–water partition coefficient (Wildman–Crippen LogP) is 0.422. The highest BCUT2D eigenvalue weighted by atomic mass is 16.3. The van der Waals surface area contributed by atoms with Crippen LogP contribution in [0.2, 0.25) is 0 Å². The Morgan fingerprint density at radius 2 is 2.27 bits per heavy atom. The van der Waals surface area contributed by atoms with E-state index in [2.05, 4.69) is 10.3 Å². The number of hydrogen-bond donors (Lipinski definition) is 2. The van der Waals surface area contributed by atoms with Crippen molar-refractivity contribution < 1.29 is 14.7 Å². The molecule has 2 amide bonds. The fraction of sp³-hybridized carbons (Fsp3) is 0.562. The molecular weight excluding hydrogens is 282 g/mol. The molecule has 2 rings (SSSR count). The number of aromatic nitrogens is 1. The third-order valence-corrected chi connectivity index (χ3v) is 3.76. The minimum atomic E-state index is -0.966. The molecule has 6 heteroatoms. The second-order valence-electron chi connectivity index (χ2n) is 5.70. The Morgan fingerprint density at radius 1 is 1.45 bits per heavy atom. The van der Waals surface area contributed by atoms with Crippen LogP contribution in [0.15, 0.2) is 18.3 Å². The van der Waals surface area contributed by atoms with Gasteiger partial charge in [-0.3, -0.25) is 14.6 Å². The lowest BCUT2D eigenvalue weighted by Crippen LogP contribution is -2.44. The van der Waals surface area contributed by atoms with E-state index in [4.69, 9.17) is 0 Å². The zero-order valence-corrected chi connectivity index (χ0v) is 12.9. The van der Waals surface area contributed by atoms with Crippen molar-refractivity contribution in [2.24, 2.45) is 0 Å². The molecule has 1 aliphatic heterocycles. The molecule has 0 aromatic carbocycles. The van der Waals surface area contributed by atoms with Gasteiger partial charge in [0.15, 0.2) is 0 Å². The first kappa shape index (κ1) is 16.4. The average Bonchev–Trinajstić information content (AvgIpc) is 2.65. The van der Waals surface area contributed by atoms with Gasteiger partial charge in [-0.25, -0.2) is 0 Å². The number of amides is 2. The van der Waals surface area contributed by atoms with Crippen molar-refractivity contribution in [3.05, 3.63) is 29.6 Å². The molecule has 1 aliphatic rings. The zero-order valence-electron chi connectivity index (χ0n) is 12.9. The van der Waals surface area contributed by atoms with E-state index in [0.29, 0.717) is 25.9 Å². The summed E-state index contributed by atoms with van der Waals surface area (Å²) in [6.45, 7) is 3.00. The first-order chi connectivity index (χ1) is 10.6. The van der Waals surface area contributed by atoms with Crippen molar-refractivity contribution >= 4 is 11.8 Å². The third-order valence-electron chi connectivity index (χ3n) is 3.76. The summed E-state index contributed by atoms with van der Waals surface area (Å²) >= 11 is 0. The van der Waals surface area contributed by atoms with Gasteiger partial charge in [0, 0.05) is 31.4 Å². The molecule has 0 bridgehead atoms. The Labute approximate surface area is 130 Å². The van der Waals surface area contributed by atoms with Crippen molar-refractivity contribution in [2.75, 3.05) is 19.6 Å². The summed E-state index contributed by atoms with van der Waals surface area (Å²) in [6, 6.07) is 3.93. The standard InChI is InChI=1S/C16H23N3O3/c1-12-5-6-13(18-10-12)7-8-17-15(21)11-19-9-3-2-4-14(20)16(19)22/h5-6,10,14,20H,2-4,7-9,11H2,1H3,(H,17,21). The van der Waals surface area contributed by atoms with E-state index >= 15 is 0 Å². The molecule has 6 nitrogen and oxygen atoms in total. The minimum absolute atomic E-state index is 0.0111. The Balaban J connectivity index is 1.75. The molecule has 1 atom stereocenters. The maximum atomic E-state index is 11.9. The number of likely N-dealkylation sites (tertiary alicyclic amines) is 1. The normalized spacial score (nSPS) is 18.9. The summed E-state index contributed by atoms with van der Waals surface area (Å²) < 4.78 is 0. The van der Waals surface area contributed by atoms with E-state index in [1.807, 2.05) is 19.1 Å². The molecule has 1 aromatic rings. The number of aryl methyl sites for hydroxylation is 1. The molecular formula is C16H23N3O3. The van der Waals surface area contributed by atoms with Crippen molar-refractivity contribution in [1.29, 1.82) is 0 Å². The second-order valence-corrected chi connectivity index (χ2v) is 5.70. The lowest BCUT2D eigenvalue weighted by Gasteiger charge is -2.21. The smallest absolute Gasteiger partial charge is 0.251 e. The monoisotopic (exact) mass is 305 g/mol. The summed E-state index contributed by atoms with van der Waals surface area (Å²) in [7, 11) is 0. The van der Waals surface area contributed by atoms with Crippen LogP contribution in [-0.2, 0) is 16.0 Å². The SMILES string of the molecule is Cc1ccc(CCNC(=O)CN2CCCCC(O)C2=O)nc1. The summed E-state index contributed by atoms with van der Waals surface area (Å²) in [6.07, 6.45) is 3.60. The Bertz CT molecular complexity index is 516. The zero-order chi connectivity index (χ0) is 15.9. The van der Waals surface area contributed by atoms with Gasteiger partial charge in [-0.15, -0.1) is 0 Å². The maximum absolute atomic E-state index is 11.9. The van der Waals surface area contributed by atoms with Gasteiger partial charge in [0.2, 0.25) is 5.91 Å². The molecule has 22 heavy (non-hydrogen) atoms. The fourth-order valence-electron chi connectivity index (χ4n) is 2.45. The third kappa shape index (κ3) is 4.80. The van der Waals surface area contributed by atoms with Gasteiger partial charge in [0.1, 0.15) is 6.10 Å². The highest BCUT2D eigenvalue weighted by molar-refractivity contribution is 5.87. The molecule has 120 valence electrons. The van der Waals surface area contributed by atoms with Crippen LogP contribution < -0.4 is 5.32 Å². The summed E-state index contributed by atoms with van der Waals surface area (Å²) in [4.78, 5) is 29.5. The lowest BCUT2D eigenvalue weighted by atomic mass is 10.2. The molecule has 0 saturated carbocycles. The quantitative estimate of drug-likeness (QED) is 0.826. The number of carbonyl (C=O) groups excluding carboxylic acids is 2. The van der Waals surface area contributed by atoms with E-state index in [1.165, 1.54) is 4.90 Å². The van der Waals surface area contributed by atoms with Crippen LogP contribution in [0, 0.1) is 6.92 Å².